The quantitative estimate of drug-likeness (QED) is 0.654. The average Bonchev–Trinajstić information content (AvgIpc) is 2.70. The van der Waals surface area contributed by atoms with Crippen LogP contribution in [0.15, 0.2) is 30.3 Å². The fraction of sp³-hybridized carbons (Fsp3) is 0.300. The van der Waals surface area contributed by atoms with Crippen molar-refractivity contribution in [3.63, 3.8) is 0 Å². The van der Waals surface area contributed by atoms with Crippen LogP contribution >= 0.6 is 23.2 Å². The highest BCUT2D eigenvalue weighted by Gasteiger charge is 2.18. The van der Waals surface area contributed by atoms with Crippen LogP contribution in [0.1, 0.15) is 28.9 Å². The van der Waals surface area contributed by atoms with Gasteiger partial charge in [-0.15, -0.1) is 0 Å². The minimum atomic E-state index is -0.461. The molecule has 0 bridgehead atoms. The van der Waals surface area contributed by atoms with Gasteiger partial charge in [-0.25, -0.2) is 0 Å². The Morgan fingerprint density at radius 3 is 2.14 bits per heavy atom. The maximum Gasteiger partial charge on any atom is 0.251 e. The van der Waals surface area contributed by atoms with Crippen LogP contribution in [0.4, 0.5) is 0 Å². The average molecular weight is 441 g/mol. The van der Waals surface area contributed by atoms with Crippen molar-refractivity contribution in [3.05, 3.63) is 51.5 Å². The molecule has 1 unspecified atom stereocenters. The molecule has 0 spiro atoms. The van der Waals surface area contributed by atoms with Crippen molar-refractivity contribution in [1.82, 2.24) is 10.6 Å². The van der Waals surface area contributed by atoms with E-state index in [-0.39, 0.29) is 24.1 Å². The largest absolute Gasteiger partial charge is 0.493 e. The predicted molar refractivity (Wildman–Crippen MR) is 111 cm³/mol. The van der Waals surface area contributed by atoms with Gasteiger partial charge in [-0.1, -0.05) is 29.3 Å². The van der Waals surface area contributed by atoms with Gasteiger partial charge in [-0.2, -0.15) is 0 Å². The van der Waals surface area contributed by atoms with E-state index in [2.05, 4.69) is 10.6 Å². The number of rotatable bonds is 8. The summed E-state index contributed by atoms with van der Waals surface area (Å²) in [6.07, 6.45) is 0. The number of nitrogens with one attached hydrogen (secondary N) is 2. The maximum absolute atomic E-state index is 12.5. The van der Waals surface area contributed by atoms with E-state index in [1.165, 1.54) is 33.5 Å². The molecule has 0 saturated carbocycles. The summed E-state index contributed by atoms with van der Waals surface area (Å²) in [4.78, 5) is 24.7. The second-order valence-electron chi connectivity index (χ2n) is 6.05. The minimum absolute atomic E-state index is 0.217. The third kappa shape index (κ3) is 5.68. The molecule has 0 aliphatic rings. The molecule has 0 aromatic heterocycles. The third-order valence-electron chi connectivity index (χ3n) is 4.14. The van der Waals surface area contributed by atoms with Gasteiger partial charge in [0.15, 0.2) is 11.5 Å². The number of amides is 2. The molecule has 2 amide bonds. The molecule has 9 heteroatoms. The van der Waals surface area contributed by atoms with Crippen LogP contribution in [0, 0.1) is 0 Å². The maximum atomic E-state index is 12.5. The molecule has 0 saturated heterocycles. The molecule has 29 heavy (non-hydrogen) atoms. The highest BCUT2D eigenvalue weighted by molar-refractivity contribution is 6.35. The molecule has 0 radical (unpaired) electrons. The second-order valence-corrected chi connectivity index (χ2v) is 6.90. The van der Waals surface area contributed by atoms with Gasteiger partial charge in [0.2, 0.25) is 11.7 Å². The zero-order valence-corrected chi connectivity index (χ0v) is 18.0. The van der Waals surface area contributed by atoms with Crippen molar-refractivity contribution in [3.8, 4) is 17.2 Å². The Balaban J connectivity index is 2.02. The normalized spacial score (nSPS) is 11.4. The van der Waals surface area contributed by atoms with Crippen LogP contribution in [-0.2, 0) is 4.79 Å². The molecule has 2 N–H and O–H groups in total. The van der Waals surface area contributed by atoms with Gasteiger partial charge in [0.1, 0.15) is 0 Å². The summed E-state index contributed by atoms with van der Waals surface area (Å²) in [5, 5.41) is 6.30. The SMILES string of the molecule is COc1cc(C(=O)NCC(=O)NC(C)c2ccc(Cl)cc2Cl)cc(OC)c1OC. The van der Waals surface area contributed by atoms with Gasteiger partial charge in [0.25, 0.3) is 5.91 Å². The standard InChI is InChI=1S/C20H22Cl2N2O5/c1-11(14-6-5-13(21)9-15(14)22)24-18(25)10-23-20(26)12-7-16(27-2)19(29-4)17(8-12)28-3/h5-9,11H,10H2,1-4H3,(H,23,26)(H,24,25). The lowest BCUT2D eigenvalue weighted by Crippen LogP contribution is -2.38. The van der Waals surface area contributed by atoms with E-state index in [9.17, 15) is 9.59 Å². The van der Waals surface area contributed by atoms with Crippen LogP contribution < -0.4 is 24.8 Å². The highest BCUT2D eigenvalue weighted by atomic mass is 35.5. The van der Waals surface area contributed by atoms with E-state index in [0.29, 0.717) is 27.3 Å². The molecule has 0 aliphatic heterocycles. The summed E-state index contributed by atoms with van der Waals surface area (Å²) in [6, 6.07) is 7.69. The van der Waals surface area contributed by atoms with Crippen LogP contribution in [-0.4, -0.2) is 39.7 Å². The fourth-order valence-corrected chi connectivity index (χ4v) is 3.27. The lowest BCUT2D eigenvalue weighted by molar-refractivity contribution is -0.120. The smallest absolute Gasteiger partial charge is 0.251 e. The Hall–Kier alpha value is -2.64. The van der Waals surface area contributed by atoms with E-state index < -0.39 is 5.91 Å². The van der Waals surface area contributed by atoms with Crippen LogP contribution in [0.5, 0.6) is 17.2 Å². The number of halogens is 2. The molecular weight excluding hydrogens is 419 g/mol. The van der Waals surface area contributed by atoms with Crippen molar-refractivity contribution in [2.24, 2.45) is 0 Å². The second kappa shape index (κ2) is 10.2. The fourth-order valence-electron chi connectivity index (χ4n) is 2.70. The molecule has 2 aromatic carbocycles. The summed E-state index contributed by atoms with van der Waals surface area (Å²) >= 11 is 12.0. The van der Waals surface area contributed by atoms with E-state index in [1.807, 2.05) is 0 Å². The van der Waals surface area contributed by atoms with Crippen LogP contribution in [0.3, 0.4) is 0 Å². The molecule has 2 aromatic rings. The topological polar surface area (TPSA) is 85.9 Å². The zero-order chi connectivity index (χ0) is 21.6. The van der Waals surface area contributed by atoms with Crippen molar-refractivity contribution in [1.29, 1.82) is 0 Å². The number of carbonyl (C=O) groups excluding carboxylic acids is 2. The number of ether oxygens (including phenoxy) is 3. The van der Waals surface area contributed by atoms with Crippen molar-refractivity contribution in [2.45, 2.75) is 13.0 Å². The van der Waals surface area contributed by atoms with Gasteiger partial charge in [-0.3, -0.25) is 9.59 Å². The molecule has 156 valence electrons. The van der Waals surface area contributed by atoms with Gasteiger partial charge < -0.3 is 24.8 Å². The molecule has 7 nitrogen and oxygen atoms in total. The first-order valence-electron chi connectivity index (χ1n) is 8.63. The Labute approximate surface area is 179 Å². The molecule has 0 aliphatic carbocycles. The van der Waals surface area contributed by atoms with Gasteiger partial charge in [0.05, 0.1) is 33.9 Å². The first kappa shape index (κ1) is 22.6. The van der Waals surface area contributed by atoms with Gasteiger partial charge in [-0.05, 0) is 36.8 Å². The molecular formula is C20H22Cl2N2O5. The lowest BCUT2D eigenvalue weighted by atomic mass is 10.1. The number of hydrogen-bond acceptors (Lipinski definition) is 5. The van der Waals surface area contributed by atoms with Gasteiger partial charge >= 0.3 is 0 Å². The first-order valence-corrected chi connectivity index (χ1v) is 9.38. The molecule has 0 heterocycles. The monoisotopic (exact) mass is 440 g/mol. The van der Waals surface area contributed by atoms with Crippen LogP contribution in [0.25, 0.3) is 0 Å². The minimum Gasteiger partial charge on any atom is -0.493 e. The third-order valence-corrected chi connectivity index (χ3v) is 4.71. The van der Waals surface area contributed by atoms with Crippen molar-refractivity contribution in [2.75, 3.05) is 27.9 Å². The van der Waals surface area contributed by atoms with E-state index in [4.69, 9.17) is 37.4 Å². The van der Waals surface area contributed by atoms with Gasteiger partial charge in [0, 0.05) is 15.6 Å². The highest BCUT2D eigenvalue weighted by Crippen LogP contribution is 2.38. The molecule has 0 fully saturated rings. The first-order chi connectivity index (χ1) is 13.8. The summed E-state index contributed by atoms with van der Waals surface area (Å²) in [5.41, 5.74) is 0.987. The number of carbonyl (C=O) groups is 2. The van der Waals surface area contributed by atoms with Crippen LogP contribution in [0.2, 0.25) is 10.0 Å². The zero-order valence-electron chi connectivity index (χ0n) is 16.5. The molecule has 2 rings (SSSR count). The summed E-state index contributed by atoms with van der Waals surface area (Å²) in [6.45, 7) is 1.57. The molecule has 1 atom stereocenters. The van der Waals surface area contributed by atoms with E-state index in [0.717, 1.165) is 5.56 Å². The summed E-state index contributed by atoms with van der Waals surface area (Å²) in [7, 11) is 4.38. The Kier molecular flexibility index (Phi) is 7.99. The predicted octanol–water partition coefficient (Wildman–Crippen LogP) is 3.63. The van der Waals surface area contributed by atoms with E-state index >= 15 is 0 Å². The Morgan fingerprint density at radius 2 is 1.62 bits per heavy atom. The number of methoxy groups -OCH3 is 3. The Bertz CT molecular complexity index is 879. The lowest BCUT2D eigenvalue weighted by Gasteiger charge is -2.17. The summed E-state index contributed by atoms with van der Waals surface area (Å²) < 4.78 is 15.7. The van der Waals surface area contributed by atoms with E-state index in [1.54, 1.807) is 25.1 Å². The number of hydrogen-bond donors (Lipinski definition) is 2. The van der Waals surface area contributed by atoms with Crippen molar-refractivity contribution < 1.29 is 23.8 Å². The summed E-state index contributed by atoms with van der Waals surface area (Å²) in [5.74, 6) is 0.221. The number of benzene rings is 2. The van der Waals surface area contributed by atoms with Crippen molar-refractivity contribution >= 4 is 35.0 Å². The Morgan fingerprint density at radius 1 is 1.00 bits per heavy atom.